The number of hydrogen-bond donors (Lipinski definition) is 2. The lowest BCUT2D eigenvalue weighted by Crippen LogP contribution is -2.33. The van der Waals surface area contributed by atoms with Crippen molar-refractivity contribution in [3.63, 3.8) is 0 Å². The molecule has 1 saturated carbocycles. The van der Waals surface area contributed by atoms with E-state index in [1.807, 2.05) is 35.9 Å². The van der Waals surface area contributed by atoms with Gasteiger partial charge in [0.25, 0.3) is 5.91 Å². The highest BCUT2D eigenvalue weighted by Gasteiger charge is 2.28. The lowest BCUT2D eigenvalue weighted by atomic mass is 10.0. The van der Waals surface area contributed by atoms with E-state index in [4.69, 9.17) is 9.47 Å². The molecule has 2 N–H and O–H groups in total. The molecule has 35 heavy (non-hydrogen) atoms. The molecule has 10 heteroatoms. The van der Waals surface area contributed by atoms with Crippen LogP contribution in [-0.4, -0.2) is 44.1 Å². The molecule has 186 valence electrons. The van der Waals surface area contributed by atoms with Gasteiger partial charge in [-0.3, -0.25) is 4.79 Å². The van der Waals surface area contributed by atoms with Gasteiger partial charge in [-0.1, -0.05) is 25.0 Å². The van der Waals surface area contributed by atoms with Crippen LogP contribution in [0.25, 0.3) is 0 Å². The molecule has 2 aromatic carbocycles. The van der Waals surface area contributed by atoms with E-state index in [-0.39, 0.29) is 22.3 Å². The third kappa shape index (κ3) is 5.49. The van der Waals surface area contributed by atoms with Crippen molar-refractivity contribution < 1.29 is 22.7 Å². The molecule has 1 fully saturated rings. The van der Waals surface area contributed by atoms with Gasteiger partial charge in [-0.05, 0) is 48.7 Å². The molecule has 1 aliphatic rings. The second-order valence-electron chi connectivity index (χ2n) is 8.54. The number of hydrogen-bond acceptors (Lipinski definition) is 6. The second kappa shape index (κ2) is 10.5. The largest absolute Gasteiger partial charge is 0.497 e. The first-order valence-electron chi connectivity index (χ1n) is 11.4. The average Bonchev–Trinajstić information content (AvgIpc) is 3.53. The molecule has 0 aliphatic heterocycles. The van der Waals surface area contributed by atoms with Gasteiger partial charge in [-0.15, -0.1) is 0 Å². The highest BCUT2D eigenvalue weighted by molar-refractivity contribution is 7.89. The van der Waals surface area contributed by atoms with Gasteiger partial charge in [-0.2, -0.15) is 0 Å². The SMILES string of the molecule is COc1ccc(C(NC(=O)c2ccc(OC)c(S(=O)(=O)NC3CCCC3)c2)c2nccn2C)cc1. The Morgan fingerprint density at radius 1 is 1.09 bits per heavy atom. The first-order valence-corrected chi connectivity index (χ1v) is 12.9. The van der Waals surface area contributed by atoms with Crippen LogP contribution in [-0.2, 0) is 17.1 Å². The Morgan fingerprint density at radius 2 is 1.80 bits per heavy atom. The summed E-state index contributed by atoms with van der Waals surface area (Å²) < 4.78 is 41.4. The van der Waals surface area contributed by atoms with Crippen LogP contribution in [0.1, 0.15) is 53.5 Å². The molecule has 1 atom stereocenters. The van der Waals surface area contributed by atoms with Crippen molar-refractivity contribution in [3.05, 3.63) is 71.8 Å². The van der Waals surface area contributed by atoms with Crippen molar-refractivity contribution in [2.45, 2.75) is 42.7 Å². The minimum absolute atomic E-state index is 0.0578. The maximum absolute atomic E-state index is 13.4. The van der Waals surface area contributed by atoms with E-state index in [1.54, 1.807) is 25.6 Å². The highest BCUT2D eigenvalue weighted by atomic mass is 32.2. The van der Waals surface area contributed by atoms with Crippen LogP contribution >= 0.6 is 0 Å². The predicted molar refractivity (Wildman–Crippen MR) is 131 cm³/mol. The van der Waals surface area contributed by atoms with Gasteiger partial charge >= 0.3 is 0 Å². The lowest BCUT2D eigenvalue weighted by Gasteiger charge is -2.20. The number of nitrogens with zero attached hydrogens (tertiary/aromatic N) is 2. The van der Waals surface area contributed by atoms with E-state index in [0.717, 1.165) is 31.2 Å². The highest BCUT2D eigenvalue weighted by Crippen LogP contribution is 2.28. The molecule has 3 aromatic rings. The van der Waals surface area contributed by atoms with Gasteiger partial charge in [0.1, 0.15) is 28.3 Å². The molecule has 1 aromatic heterocycles. The summed E-state index contributed by atoms with van der Waals surface area (Å²) in [5.41, 5.74) is 1.00. The zero-order valence-electron chi connectivity index (χ0n) is 20.0. The number of sulfonamides is 1. The number of aromatic nitrogens is 2. The van der Waals surface area contributed by atoms with Gasteiger partial charge in [0, 0.05) is 31.0 Å². The van der Waals surface area contributed by atoms with Crippen LogP contribution in [0.3, 0.4) is 0 Å². The fraction of sp³-hybridized carbons (Fsp3) is 0.360. The number of ether oxygens (including phenoxy) is 2. The normalized spacial score (nSPS) is 15.1. The van der Waals surface area contributed by atoms with Crippen LogP contribution in [0.5, 0.6) is 11.5 Å². The average molecular weight is 499 g/mol. The molecule has 1 heterocycles. The maximum Gasteiger partial charge on any atom is 0.252 e. The summed E-state index contributed by atoms with van der Waals surface area (Å²) in [6.45, 7) is 0. The topological polar surface area (TPSA) is 112 Å². The molecule has 0 radical (unpaired) electrons. The van der Waals surface area contributed by atoms with E-state index in [0.29, 0.717) is 11.6 Å². The molecule has 9 nitrogen and oxygen atoms in total. The van der Waals surface area contributed by atoms with Crippen LogP contribution in [0.2, 0.25) is 0 Å². The van der Waals surface area contributed by atoms with Gasteiger partial charge in [-0.25, -0.2) is 18.1 Å². The summed E-state index contributed by atoms with van der Waals surface area (Å²) in [7, 11) is 0.973. The molecule has 0 spiro atoms. The number of imidazole rings is 1. The van der Waals surface area contributed by atoms with Crippen LogP contribution < -0.4 is 19.5 Å². The third-order valence-corrected chi connectivity index (χ3v) is 7.78. The van der Waals surface area contributed by atoms with E-state index in [1.165, 1.54) is 19.2 Å². The van der Waals surface area contributed by atoms with Crippen molar-refractivity contribution in [3.8, 4) is 11.5 Å². The molecule has 0 saturated heterocycles. The maximum atomic E-state index is 13.4. The van der Waals surface area contributed by atoms with Crippen molar-refractivity contribution in [2.24, 2.45) is 7.05 Å². The zero-order chi connectivity index (χ0) is 25.0. The third-order valence-electron chi connectivity index (χ3n) is 6.23. The summed E-state index contributed by atoms with van der Waals surface area (Å²) in [6, 6.07) is 11.1. The van der Waals surface area contributed by atoms with Crippen LogP contribution in [0.15, 0.2) is 59.8 Å². The Hall–Kier alpha value is -3.37. The van der Waals surface area contributed by atoms with E-state index >= 15 is 0 Å². The van der Waals surface area contributed by atoms with Crippen LogP contribution in [0.4, 0.5) is 0 Å². The number of carbonyl (C=O) groups is 1. The number of amides is 1. The monoisotopic (exact) mass is 498 g/mol. The number of nitrogens with one attached hydrogen (secondary N) is 2. The molecular formula is C25H30N4O5S. The summed E-state index contributed by atoms with van der Waals surface area (Å²) >= 11 is 0. The minimum Gasteiger partial charge on any atom is -0.497 e. The van der Waals surface area contributed by atoms with Gasteiger partial charge in [0.2, 0.25) is 10.0 Å². The van der Waals surface area contributed by atoms with Gasteiger partial charge in [0.05, 0.1) is 14.2 Å². The Balaban J connectivity index is 1.65. The zero-order valence-corrected chi connectivity index (χ0v) is 20.8. The minimum atomic E-state index is -3.87. The van der Waals surface area contributed by atoms with E-state index in [9.17, 15) is 13.2 Å². The lowest BCUT2D eigenvalue weighted by molar-refractivity contribution is 0.0941. The molecule has 1 aliphatic carbocycles. The summed E-state index contributed by atoms with van der Waals surface area (Å²) in [5.74, 6) is 1.07. The molecule has 1 amide bonds. The van der Waals surface area contributed by atoms with Crippen molar-refractivity contribution in [1.29, 1.82) is 0 Å². The Morgan fingerprint density at radius 3 is 2.40 bits per heavy atom. The Kier molecular flexibility index (Phi) is 7.42. The van der Waals surface area contributed by atoms with Gasteiger partial charge < -0.3 is 19.4 Å². The summed E-state index contributed by atoms with van der Waals surface area (Å²) in [6.07, 6.45) is 7.04. The van der Waals surface area contributed by atoms with Crippen molar-refractivity contribution >= 4 is 15.9 Å². The molecule has 0 bridgehead atoms. The number of methoxy groups -OCH3 is 2. The number of benzene rings is 2. The number of rotatable bonds is 9. The predicted octanol–water partition coefficient (Wildman–Crippen LogP) is 3.18. The summed E-state index contributed by atoms with van der Waals surface area (Å²) in [5, 5.41) is 3.00. The fourth-order valence-electron chi connectivity index (χ4n) is 4.32. The quantitative estimate of drug-likeness (QED) is 0.469. The van der Waals surface area contributed by atoms with Crippen molar-refractivity contribution in [1.82, 2.24) is 19.6 Å². The van der Waals surface area contributed by atoms with Crippen LogP contribution in [0, 0.1) is 0 Å². The van der Waals surface area contributed by atoms with Crippen molar-refractivity contribution in [2.75, 3.05) is 14.2 Å². The second-order valence-corrected chi connectivity index (χ2v) is 10.2. The molecule has 4 rings (SSSR count). The van der Waals surface area contributed by atoms with Gasteiger partial charge in [0.15, 0.2) is 0 Å². The van der Waals surface area contributed by atoms with E-state index in [2.05, 4.69) is 15.0 Å². The Bertz CT molecular complexity index is 1280. The molecular weight excluding hydrogens is 468 g/mol. The number of aryl methyl sites for hydroxylation is 1. The first-order chi connectivity index (χ1) is 16.8. The smallest absolute Gasteiger partial charge is 0.252 e. The number of carbonyl (C=O) groups excluding carboxylic acids is 1. The Labute approximate surface area is 205 Å². The van der Waals surface area contributed by atoms with E-state index < -0.39 is 22.0 Å². The standard InChI is InChI=1S/C25H30N4O5S/c1-29-15-14-26-24(29)23(17-8-11-20(33-2)12-9-17)27-25(30)18-10-13-21(34-3)22(16-18)35(31,32)28-19-6-4-5-7-19/h8-16,19,23,28H,4-7H2,1-3H3,(H,27,30). The first kappa shape index (κ1) is 24.7. The molecule has 1 unspecified atom stereocenters. The summed E-state index contributed by atoms with van der Waals surface area (Å²) in [4.78, 5) is 17.7. The fourth-order valence-corrected chi connectivity index (χ4v) is 5.82.